The lowest BCUT2D eigenvalue weighted by atomic mass is 9.92. The lowest BCUT2D eigenvalue weighted by molar-refractivity contribution is 0.0804. The Balaban J connectivity index is 2.04. The van der Waals surface area contributed by atoms with Gasteiger partial charge in [0, 0.05) is 32.2 Å². The molecule has 3 heteroatoms. The Morgan fingerprint density at radius 1 is 1.28 bits per heavy atom. The molecule has 0 amide bonds. The van der Waals surface area contributed by atoms with Gasteiger partial charge in [-0.15, -0.1) is 0 Å². The maximum absolute atomic E-state index is 6.51. The highest BCUT2D eigenvalue weighted by atomic mass is 15.3. The van der Waals surface area contributed by atoms with Gasteiger partial charge < -0.3 is 10.6 Å². The molecule has 1 fully saturated rings. The third-order valence-corrected chi connectivity index (χ3v) is 3.93. The van der Waals surface area contributed by atoms with Crippen LogP contribution in [0.2, 0.25) is 0 Å². The van der Waals surface area contributed by atoms with Gasteiger partial charge in [0.2, 0.25) is 0 Å². The summed E-state index contributed by atoms with van der Waals surface area (Å²) in [6, 6.07) is 11.0. The van der Waals surface area contributed by atoms with Crippen molar-refractivity contribution in [2.75, 3.05) is 33.2 Å². The van der Waals surface area contributed by atoms with Gasteiger partial charge in [-0.3, -0.25) is 4.90 Å². The van der Waals surface area contributed by atoms with E-state index >= 15 is 0 Å². The topological polar surface area (TPSA) is 32.5 Å². The van der Waals surface area contributed by atoms with Crippen molar-refractivity contribution in [3.05, 3.63) is 35.9 Å². The number of piperazine rings is 1. The van der Waals surface area contributed by atoms with E-state index in [0.29, 0.717) is 6.04 Å². The fourth-order valence-electron chi connectivity index (χ4n) is 2.74. The highest BCUT2D eigenvalue weighted by Crippen LogP contribution is 2.21. The molecule has 2 unspecified atom stereocenters. The highest BCUT2D eigenvalue weighted by Gasteiger charge is 2.29. The monoisotopic (exact) mass is 247 g/mol. The fourth-order valence-corrected chi connectivity index (χ4v) is 2.74. The summed E-state index contributed by atoms with van der Waals surface area (Å²) in [6.45, 7) is 8.72. The van der Waals surface area contributed by atoms with E-state index in [1.165, 1.54) is 5.56 Å². The summed E-state index contributed by atoms with van der Waals surface area (Å²) in [7, 11) is 2.19. The van der Waals surface area contributed by atoms with E-state index in [2.05, 4.69) is 55.0 Å². The molecular weight excluding hydrogens is 222 g/mol. The molecule has 1 heterocycles. The summed E-state index contributed by atoms with van der Waals surface area (Å²) < 4.78 is 0. The van der Waals surface area contributed by atoms with E-state index in [0.717, 1.165) is 26.2 Å². The molecule has 0 aliphatic carbocycles. The van der Waals surface area contributed by atoms with Crippen LogP contribution in [-0.2, 0) is 5.54 Å². The third-order valence-electron chi connectivity index (χ3n) is 3.93. The van der Waals surface area contributed by atoms with Crippen molar-refractivity contribution in [3.8, 4) is 0 Å². The number of likely N-dealkylation sites (N-methyl/N-ethyl adjacent to an activating group) is 1. The van der Waals surface area contributed by atoms with Crippen LogP contribution in [0.15, 0.2) is 30.3 Å². The van der Waals surface area contributed by atoms with E-state index in [9.17, 15) is 0 Å². The van der Waals surface area contributed by atoms with Crippen LogP contribution in [-0.4, -0.2) is 49.1 Å². The maximum atomic E-state index is 6.51. The molecule has 100 valence electrons. The van der Waals surface area contributed by atoms with Gasteiger partial charge in [-0.2, -0.15) is 0 Å². The zero-order valence-electron chi connectivity index (χ0n) is 11.8. The molecule has 2 N–H and O–H groups in total. The zero-order valence-corrected chi connectivity index (χ0v) is 11.8. The molecule has 18 heavy (non-hydrogen) atoms. The Bertz CT molecular complexity index is 375. The van der Waals surface area contributed by atoms with Crippen molar-refractivity contribution in [2.24, 2.45) is 5.73 Å². The molecule has 0 radical (unpaired) electrons. The van der Waals surface area contributed by atoms with Crippen molar-refractivity contribution < 1.29 is 0 Å². The molecule has 2 rings (SSSR count). The first kappa shape index (κ1) is 13.5. The van der Waals surface area contributed by atoms with Gasteiger partial charge in [-0.05, 0) is 26.5 Å². The van der Waals surface area contributed by atoms with Gasteiger partial charge in [-0.25, -0.2) is 0 Å². The summed E-state index contributed by atoms with van der Waals surface area (Å²) in [6.07, 6.45) is 0. The maximum Gasteiger partial charge on any atom is 0.0510 e. The Hall–Kier alpha value is -0.900. The molecule has 0 aromatic heterocycles. The molecule has 0 bridgehead atoms. The molecule has 3 nitrogen and oxygen atoms in total. The molecule has 1 aliphatic rings. The van der Waals surface area contributed by atoms with Crippen molar-refractivity contribution in [1.82, 2.24) is 9.80 Å². The van der Waals surface area contributed by atoms with E-state index < -0.39 is 0 Å². The van der Waals surface area contributed by atoms with E-state index in [1.807, 2.05) is 6.07 Å². The average Bonchev–Trinajstić information content (AvgIpc) is 2.34. The molecule has 0 spiro atoms. The first-order chi connectivity index (χ1) is 8.49. The van der Waals surface area contributed by atoms with Gasteiger partial charge in [0.25, 0.3) is 0 Å². The molecule has 1 aromatic carbocycles. The van der Waals surface area contributed by atoms with Crippen LogP contribution in [0.1, 0.15) is 19.4 Å². The predicted molar refractivity (Wildman–Crippen MR) is 76.5 cm³/mol. The summed E-state index contributed by atoms with van der Waals surface area (Å²) in [5.74, 6) is 0. The average molecular weight is 247 g/mol. The van der Waals surface area contributed by atoms with Gasteiger partial charge in [0.1, 0.15) is 0 Å². The van der Waals surface area contributed by atoms with Crippen LogP contribution < -0.4 is 5.73 Å². The number of nitrogens with two attached hydrogens (primary N) is 1. The van der Waals surface area contributed by atoms with Crippen LogP contribution in [0, 0.1) is 0 Å². The Morgan fingerprint density at radius 3 is 2.56 bits per heavy atom. The van der Waals surface area contributed by atoms with Gasteiger partial charge in [0.05, 0.1) is 5.54 Å². The largest absolute Gasteiger partial charge is 0.321 e. The summed E-state index contributed by atoms with van der Waals surface area (Å²) >= 11 is 0. The summed E-state index contributed by atoms with van der Waals surface area (Å²) in [4.78, 5) is 4.89. The van der Waals surface area contributed by atoms with E-state index in [4.69, 9.17) is 5.73 Å². The first-order valence-corrected chi connectivity index (χ1v) is 6.76. The highest BCUT2D eigenvalue weighted by molar-refractivity contribution is 5.23. The second-order valence-electron chi connectivity index (χ2n) is 5.87. The Morgan fingerprint density at radius 2 is 1.94 bits per heavy atom. The van der Waals surface area contributed by atoms with Gasteiger partial charge in [0.15, 0.2) is 0 Å². The van der Waals surface area contributed by atoms with Crippen molar-refractivity contribution in [2.45, 2.75) is 25.4 Å². The third kappa shape index (κ3) is 3.10. The van der Waals surface area contributed by atoms with Crippen LogP contribution in [0.5, 0.6) is 0 Å². The van der Waals surface area contributed by atoms with Crippen molar-refractivity contribution in [3.63, 3.8) is 0 Å². The molecule has 0 saturated carbocycles. The van der Waals surface area contributed by atoms with Crippen LogP contribution in [0.4, 0.5) is 0 Å². The fraction of sp³-hybridized carbons (Fsp3) is 0.600. The molecule has 1 saturated heterocycles. The second kappa shape index (κ2) is 5.39. The molecule has 1 aromatic rings. The zero-order chi connectivity index (χ0) is 13.2. The minimum absolute atomic E-state index is 0.272. The predicted octanol–water partition coefficient (Wildman–Crippen LogP) is 1.50. The number of benzene rings is 1. The van der Waals surface area contributed by atoms with Gasteiger partial charge in [-0.1, -0.05) is 30.3 Å². The van der Waals surface area contributed by atoms with Crippen molar-refractivity contribution in [1.29, 1.82) is 0 Å². The number of hydrogen-bond donors (Lipinski definition) is 1. The lowest BCUT2D eigenvalue weighted by Crippen LogP contribution is -2.56. The number of nitrogens with zero attached hydrogens (tertiary/aromatic N) is 2. The summed E-state index contributed by atoms with van der Waals surface area (Å²) in [5.41, 5.74) is 7.46. The number of hydrogen-bond acceptors (Lipinski definition) is 3. The molecular formula is C15H25N3. The first-order valence-electron chi connectivity index (χ1n) is 6.76. The summed E-state index contributed by atoms with van der Waals surface area (Å²) in [5, 5.41) is 0. The van der Waals surface area contributed by atoms with Gasteiger partial charge >= 0.3 is 0 Å². The molecule has 1 aliphatic heterocycles. The minimum Gasteiger partial charge on any atom is -0.321 e. The Kier molecular flexibility index (Phi) is 4.05. The second-order valence-corrected chi connectivity index (χ2v) is 5.87. The SMILES string of the molecule is CC1CN(C)CCN1CC(C)(N)c1ccccc1. The number of rotatable bonds is 3. The quantitative estimate of drug-likeness (QED) is 0.878. The molecule has 2 atom stereocenters. The van der Waals surface area contributed by atoms with E-state index in [1.54, 1.807) is 0 Å². The van der Waals surface area contributed by atoms with Crippen LogP contribution in [0.25, 0.3) is 0 Å². The van der Waals surface area contributed by atoms with Crippen LogP contribution in [0.3, 0.4) is 0 Å². The van der Waals surface area contributed by atoms with Crippen molar-refractivity contribution >= 4 is 0 Å². The van der Waals surface area contributed by atoms with Crippen LogP contribution >= 0.6 is 0 Å². The lowest BCUT2D eigenvalue weighted by Gasteiger charge is -2.42. The minimum atomic E-state index is -0.272. The van der Waals surface area contributed by atoms with E-state index in [-0.39, 0.29) is 5.54 Å². The smallest absolute Gasteiger partial charge is 0.0510 e. The normalized spacial score (nSPS) is 25.9. The standard InChI is InChI=1S/C15H25N3/c1-13-11-17(3)9-10-18(13)12-15(2,16)14-7-5-4-6-8-14/h4-8,13H,9-12,16H2,1-3H3. The Labute approximate surface area is 111 Å².